The van der Waals surface area contributed by atoms with Crippen molar-refractivity contribution in [3.8, 4) is 0 Å². The molecule has 0 aliphatic rings. The second kappa shape index (κ2) is 5.03. The maximum atomic E-state index is 11.0. The lowest BCUT2D eigenvalue weighted by Gasteiger charge is -2.24. The van der Waals surface area contributed by atoms with Crippen LogP contribution in [0.3, 0.4) is 0 Å². The highest BCUT2D eigenvalue weighted by Gasteiger charge is 2.31. The number of amides is 2. The van der Waals surface area contributed by atoms with Crippen molar-refractivity contribution in [2.24, 2.45) is 5.73 Å². The number of hydrogen-bond donors (Lipinski definition) is 4. The average Bonchev–Trinajstić information content (AvgIpc) is 2.67. The normalized spacial score (nSPS) is 16.0. The molecule has 0 bridgehead atoms. The number of fused-ring (bicyclic) bond motifs is 1. The molecule has 0 aliphatic carbocycles. The fourth-order valence-corrected chi connectivity index (χ4v) is 3.79. The molecule has 102 valence electrons. The Morgan fingerprint density at radius 3 is 2.74 bits per heavy atom. The number of hydrogen-bond acceptors (Lipinski definition) is 4. The van der Waals surface area contributed by atoms with Crippen molar-refractivity contribution in [2.75, 3.05) is 0 Å². The van der Waals surface area contributed by atoms with Crippen LogP contribution in [0.15, 0.2) is 24.3 Å². The minimum Gasteiger partial charge on any atom is -0.366 e. The highest BCUT2D eigenvalue weighted by atomic mass is 32.1. The van der Waals surface area contributed by atoms with Gasteiger partial charge in [0.15, 0.2) is 5.72 Å². The van der Waals surface area contributed by atoms with E-state index in [9.17, 15) is 9.90 Å². The second-order valence-corrected chi connectivity index (χ2v) is 6.41. The third kappa shape index (κ3) is 2.70. The van der Waals surface area contributed by atoms with Gasteiger partial charge >= 0.3 is 6.03 Å². The standard InChI is InChI=1S/C13H16N2O2S2/c1-7(18)10-8-5-3-4-6-9(8)19-11(10)13(2,17)15-12(14)16/h3-7,17-18H,1-2H3,(H3,14,15,16). The number of nitrogens with two attached hydrogens (primary N) is 1. The fourth-order valence-electron chi connectivity index (χ4n) is 2.14. The Morgan fingerprint density at radius 1 is 1.53 bits per heavy atom. The number of nitrogens with one attached hydrogen (secondary N) is 1. The molecule has 19 heavy (non-hydrogen) atoms. The monoisotopic (exact) mass is 296 g/mol. The summed E-state index contributed by atoms with van der Waals surface area (Å²) < 4.78 is 1.04. The van der Waals surface area contributed by atoms with Crippen LogP contribution in [0.5, 0.6) is 0 Å². The Bertz CT molecular complexity index is 620. The van der Waals surface area contributed by atoms with Crippen LogP contribution >= 0.6 is 24.0 Å². The van der Waals surface area contributed by atoms with Crippen LogP contribution in [-0.2, 0) is 5.72 Å². The van der Waals surface area contributed by atoms with Gasteiger partial charge in [0.05, 0.1) is 4.88 Å². The van der Waals surface area contributed by atoms with E-state index in [0.717, 1.165) is 15.6 Å². The molecule has 0 saturated heterocycles. The first-order valence-corrected chi connectivity index (χ1v) is 7.16. The zero-order chi connectivity index (χ0) is 14.2. The minimum absolute atomic E-state index is 0.0627. The van der Waals surface area contributed by atoms with Crippen LogP contribution in [-0.4, -0.2) is 11.1 Å². The number of carbonyl (C=O) groups excluding carboxylic acids is 1. The van der Waals surface area contributed by atoms with E-state index in [4.69, 9.17) is 5.73 Å². The fraction of sp³-hybridized carbons (Fsp3) is 0.308. The topological polar surface area (TPSA) is 75.3 Å². The molecule has 2 aromatic rings. The van der Waals surface area contributed by atoms with Gasteiger partial charge in [0.2, 0.25) is 0 Å². The van der Waals surface area contributed by atoms with Crippen molar-refractivity contribution < 1.29 is 9.90 Å². The number of primary amides is 1. The number of benzene rings is 1. The molecule has 4 N–H and O–H groups in total. The summed E-state index contributed by atoms with van der Waals surface area (Å²) in [5, 5.41) is 13.8. The van der Waals surface area contributed by atoms with E-state index in [1.165, 1.54) is 18.3 Å². The van der Waals surface area contributed by atoms with Gasteiger partial charge in [0.1, 0.15) is 0 Å². The molecule has 0 spiro atoms. The molecule has 0 saturated carbocycles. The molecule has 2 atom stereocenters. The molecule has 0 aliphatic heterocycles. The van der Waals surface area contributed by atoms with Gasteiger partial charge in [-0.25, -0.2) is 4.79 Å². The van der Waals surface area contributed by atoms with E-state index in [2.05, 4.69) is 17.9 Å². The minimum atomic E-state index is -1.50. The lowest BCUT2D eigenvalue weighted by Crippen LogP contribution is -2.46. The van der Waals surface area contributed by atoms with Crippen LogP contribution in [0.25, 0.3) is 10.1 Å². The maximum Gasteiger partial charge on any atom is 0.314 e. The molecule has 1 aromatic carbocycles. The molecule has 6 heteroatoms. The zero-order valence-electron chi connectivity index (χ0n) is 10.7. The van der Waals surface area contributed by atoms with Gasteiger partial charge < -0.3 is 16.2 Å². The van der Waals surface area contributed by atoms with E-state index in [-0.39, 0.29) is 5.25 Å². The molecular weight excluding hydrogens is 280 g/mol. The molecule has 0 radical (unpaired) electrons. The largest absolute Gasteiger partial charge is 0.366 e. The Balaban J connectivity index is 2.65. The molecule has 0 fully saturated rings. The summed E-state index contributed by atoms with van der Waals surface area (Å²) in [6.07, 6.45) is 0. The lowest BCUT2D eigenvalue weighted by molar-refractivity contribution is 0.0361. The molecular formula is C13H16N2O2S2. The van der Waals surface area contributed by atoms with Gasteiger partial charge in [-0.1, -0.05) is 18.2 Å². The number of thiophene rings is 1. The Labute approximate surface area is 121 Å². The number of aliphatic hydroxyl groups is 1. The van der Waals surface area contributed by atoms with Gasteiger partial charge in [0, 0.05) is 9.95 Å². The van der Waals surface area contributed by atoms with Gasteiger partial charge in [-0.05, 0) is 30.9 Å². The third-order valence-corrected chi connectivity index (χ3v) is 4.52. The summed E-state index contributed by atoms with van der Waals surface area (Å²) in [5.74, 6) is 0. The van der Waals surface area contributed by atoms with Crippen LogP contribution in [0.4, 0.5) is 4.79 Å². The van der Waals surface area contributed by atoms with Gasteiger partial charge in [-0.3, -0.25) is 0 Å². The summed E-state index contributed by atoms with van der Waals surface area (Å²) in [7, 11) is 0. The van der Waals surface area contributed by atoms with E-state index >= 15 is 0 Å². The number of rotatable bonds is 3. The molecule has 2 amide bonds. The summed E-state index contributed by atoms with van der Waals surface area (Å²) >= 11 is 5.91. The third-order valence-electron chi connectivity index (χ3n) is 2.86. The quantitative estimate of drug-likeness (QED) is 0.519. The van der Waals surface area contributed by atoms with Crippen LogP contribution < -0.4 is 11.1 Å². The average molecular weight is 296 g/mol. The van der Waals surface area contributed by atoms with Crippen LogP contribution in [0.1, 0.15) is 29.5 Å². The van der Waals surface area contributed by atoms with Crippen molar-refractivity contribution in [3.05, 3.63) is 34.7 Å². The number of carbonyl (C=O) groups is 1. The van der Waals surface area contributed by atoms with Crippen molar-refractivity contribution >= 4 is 40.1 Å². The van der Waals surface area contributed by atoms with Crippen LogP contribution in [0, 0.1) is 0 Å². The van der Waals surface area contributed by atoms with Crippen molar-refractivity contribution in [2.45, 2.75) is 24.8 Å². The molecule has 2 rings (SSSR count). The van der Waals surface area contributed by atoms with E-state index in [1.54, 1.807) is 0 Å². The zero-order valence-corrected chi connectivity index (χ0v) is 12.4. The Morgan fingerprint density at radius 2 is 2.16 bits per heavy atom. The van der Waals surface area contributed by atoms with Gasteiger partial charge in [0.25, 0.3) is 0 Å². The van der Waals surface area contributed by atoms with Gasteiger partial charge in [-0.2, -0.15) is 12.6 Å². The number of thiol groups is 1. The van der Waals surface area contributed by atoms with E-state index in [0.29, 0.717) is 4.88 Å². The first-order chi connectivity index (χ1) is 8.83. The van der Waals surface area contributed by atoms with E-state index in [1.807, 2.05) is 31.2 Å². The SMILES string of the molecule is CC(S)c1c(C(C)(O)NC(N)=O)sc2ccccc12. The Kier molecular flexibility index (Phi) is 3.75. The highest BCUT2D eigenvalue weighted by molar-refractivity contribution is 7.80. The molecule has 4 nitrogen and oxygen atoms in total. The smallest absolute Gasteiger partial charge is 0.314 e. The van der Waals surface area contributed by atoms with Gasteiger partial charge in [-0.15, -0.1) is 11.3 Å². The first kappa shape index (κ1) is 14.2. The summed E-state index contributed by atoms with van der Waals surface area (Å²) in [5.41, 5.74) is 4.53. The highest BCUT2D eigenvalue weighted by Crippen LogP contribution is 2.41. The maximum absolute atomic E-state index is 11.0. The summed E-state index contributed by atoms with van der Waals surface area (Å²) in [4.78, 5) is 11.7. The van der Waals surface area contributed by atoms with Crippen molar-refractivity contribution in [1.29, 1.82) is 0 Å². The van der Waals surface area contributed by atoms with E-state index < -0.39 is 11.8 Å². The van der Waals surface area contributed by atoms with Crippen LogP contribution in [0.2, 0.25) is 0 Å². The predicted molar refractivity (Wildman–Crippen MR) is 81.5 cm³/mol. The molecule has 1 aromatic heterocycles. The first-order valence-electron chi connectivity index (χ1n) is 5.83. The second-order valence-electron chi connectivity index (χ2n) is 4.58. The van der Waals surface area contributed by atoms with Crippen molar-refractivity contribution in [1.82, 2.24) is 5.32 Å². The molecule has 2 unspecified atom stereocenters. The van der Waals surface area contributed by atoms with Crippen molar-refractivity contribution in [3.63, 3.8) is 0 Å². The molecule has 1 heterocycles. The number of urea groups is 1. The summed E-state index contributed by atoms with van der Waals surface area (Å²) in [6, 6.07) is 7.07. The predicted octanol–water partition coefficient (Wildman–Crippen LogP) is 2.73. The summed E-state index contributed by atoms with van der Waals surface area (Å²) in [6.45, 7) is 3.45. The lowest BCUT2D eigenvalue weighted by atomic mass is 10.0. The Hall–Kier alpha value is -1.24.